The Labute approximate surface area is 172 Å². The van der Waals surface area contributed by atoms with Crippen molar-refractivity contribution in [2.75, 3.05) is 31.5 Å². The van der Waals surface area contributed by atoms with Crippen LogP contribution in [0.2, 0.25) is 0 Å². The number of aromatic nitrogens is 2. The van der Waals surface area contributed by atoms with Gasteiger partial charge >= 0.3 is 0 Å². The molecule has 150 valence electrons. The van der Waals surface area contributed by atoms with Gasteiger partial charge in [-0.2, -0.15) is 0 Å². The number of nitrogens with one attached hydrogen (secondary N) is 1. The van der Waals surface area contributed by atoms with E-state index in [1.165, 1.54) is 11.5 Å². The van der Waals surface area contributed by atoms with Crippen LogP contribution in [0.1, 0.15) is 23.7 Å². The average Bonchev–Trinajstić information content (AvgIpc) is 2.73. The molecule has 2 aromatic heterocycles. The molecule has 0 spiro atoms. The Kier molecular flexibility index (Phi) is 6.45. The van der Waals surface area contributed by atoms with E-state index in [-0.39, 0.29) is 13.7 Å². The maximum Gasteiger partial charge on any atom is 0.166 e. The van der Waals surface area contributed by atoms with Crippen molar-refractivity contribution in [2.24, 2.45) is 0 Å². The fourth-order valence-electron chi connectivity index (χ4n) is 3.00. The fraction of sp³-hybridized carbons (Fsp3) is 0.227. The van der Waals surface area contributed by atoms with Crippen molar-refractivity contribution < 1.29 is 9.53 Å². The number of hydrogen-bond donors (Lipinski definition) is 2. The van der Waals surface area contributed by atoms with Crippen LogP contribution in [0.15, 0.2) is 48.8 Å². The number of pyridine rings is 2. The third-order valence-electron chi connectivity index (χ3n) is 4.58. The highest BCUT2D eigenvalue weighted by molar-refractivity contribution is 7.64. The largest absolute Gasteiger partial charge is 0.494 e. The molecule has 1 aromatic carbocycles. The summed E-state index contributed by atoms with van der Waals surface area (Å²) in [5.74, 6) is 0.972. The minimum atomic E-state index is -0.198. The molecule has 0 bridgehead atoms. The van der Waals surface area contributed by atoms with Crippen molar-refractivity contribution in [1.82, 2.24) is 9.97 Å². The van der Waals surface area contributed by atoms with E-state index in [1.54, 1.807) is 13.2 Å². The van der Waals surface area contributed by atoms with Gasteiger partial charge in [0.1, 0.15) is 5.82 Å². The standard InChI is InChI=1S/C22H25N4O2P/c1-5-20(27)16-13-25-21(23)11-19(16)26-18-8-6-7-15(22(18)28-2)17-10-9-14(12-24-17)29(3)4/h6-13H,5H2,1-4H3,(H3,23,25,26). The van der Waals surface area contributed by atoms with Crippen LogP contribution < -0.4 is 21.1 Å². The summed E-state index contributed by atoms with van der Waals surface area (Å²) < 4.78 is 5.71. The second-order valence-corrected chi connectivity index (χ2v) is 9.04. The molecule has 0 aliphatic heterocycles. The summed E-state index contributed by atoms with van der Waals surface area (Å²) in [4.78, 5) is 21.0. The van der Waals surface area contributed by atoms with Gasteiger partial charge in [0.25, 0.3) is 0 Å². The van der Waals surface area contributed by atoms with Crippen LogP contribution in [0.5, 0.6) is 5.75 Å². The number of carbonyl (C=O) groups excluding carboxylic acids is 1. The van der Waals surface area contributed by atoms with Gasteiger partial charge in [0.05, 0.1) is 29.7 Å². The van der Waals surface area contributed by atoms with Crippen molar-refractivity contribution in [3.05, 3.63) is 54.4 Å². The first-order valence-corrected chi connectivity index (χ1v) is 11.5. The van der Waals surface area contributed by atoms with E-state index in [9.17, 15) is 4.79 Å². The predicted octanol–water partition coefficient (Wildman–Crippen LogP) is 4.44. The molecule has 3 aromatic rings. The summed E-state index contributed by atoms with van der Waals surface area (Å²) in [5, 5.41) is 4.54. The Morgan fingerprint density at radius 3 is 2.55 bits per heavy atom. The number of anilines is 3. The lowest BCUT2D eigenvalue weighted by molar-refractivity contribution is 0.0988. The molecule has 0 radical (unpaired) electrons. The molecule has 3 N–H and O–H groups in total. The van der Waals surface area contributed by atoms with Crippen LogP contribution in [-0.4, -0.2) is 36.2 Å². The number of ketones is 1. The number of nitrogen functional groups attached to an aromatic ring is 1. The number of rotatable bonds is 7. The SMILES string of the molecule is CCC(=O)c1cnc(N)cc1Nc1cccc(-c2ccc(P(C)C)cn2)c1OC. The Bertz CT molecular complexity index is 1020. The van der Waals surface area contributed by atoms with Gasteiger partial charge in [0.15, 0.2) is 11.5 Å². The second kappa shape index (κ2) is 9.01. The van der Waals surface area contributed by atoms with Crippen molar-refractivity contribution in [3.8, 4) is 17.0 Å². The molecule has 29 heavy (non-hydrogen) atoms. The van der Waals surface area contributed by atoms with Crippen molar-refractivity contribution in [1.29, 1.82) is 0 Å². The monoisotopic (exact) mass is 408 g/mol. The van der Waals surface area contributed by atoms with E-state index >= 15 is 0 Å². The Morgan fingerprint density at radius 2 is 1.93 bits per heavy atom. The zero-order valence-electron chi connectivity index (χ0n) is 17.1. The number of carbonyl (C=O) groups is 1. The van der Waals surface area contributed by atoms with Gasteiger partial charge in [0.2, 0.25) is 0 Å². The number of nitrogens with zero attached hydrogens (tertiary/aromatic N) is 2. The first-order valence-electron chi connectivity index (χ1n) is 9.31. The van der Waals surface area contributed by atoms with Crippen LogP contribution in [0.4, 0.5) is 17.2 Å². The van der Waals surface area contributed by atoms with E-state index in [2.05, 4.69) is 34.7 Å². The number of para-hydroxylation sites is 1. The quantitative estimate of drug-likeness (QED) is 0.444. The van der Waals surface area contributed by atoms with E-state index in [4.69, 9.17) is 10.5 Å². The van der Waals surface area contributed by atoms with Gasteiger partial charge in [-0.3, -0.25) is 9.78 Å². The number of methoxy groups -OCH3 is 1. The third kappa shape index (κ3) is 4.54. The first-order chi connectivity index (χ1) is 13.9. The van der Waals surface area contributed by atoms with Gasteiger partial charge < -0.3 is 15.8 Å². The molecule has 0 aliphatic rings. The highest BCUT2D eigenvalue weighted by atomic mass is 31.1. The van der Waals surface area contributed by atoms with Crippen molar-refractivity contribution in [2.45, 2.75) is 13.3 Å². The Hall–Kier alpha value is -2.98. The molecule has 0 saturated carbocycles. The molecule has 0 saturated heterocycles. The maximum atomic E-state index is 12.3. The van der Waals surface area contributed by atoms with Crippen LogP contribution >= 0.6 is 7.92 Å². The van der Waals surface area contributed by atoms with Crippen LogP contribution in [0.3, 0.4) is 0 Å². The molecular weight excluding hydrogens is 383 g/mol. The lowest BCUT2D eigenvalue weighted by Gasteiger charge is -2.17. The van der Waals surface area contributed by atoms with Crippen LogP contribution in [0.25, 0.3) is 11.3 Å². The number of Topliss-reactive ketones (excluding diaryl/α,β-unsaturated/α-hetero) is 1. The topological polar surface area (TPSA) is 90.1 Å². The molecule has 6 nitrogen and oxygen atoms in total. The lowest BCUT2D eigenvalue weighted by atomic mass is 10.1. The molecule has 2 heterocycles. The normalized spacial score (nSPS) is 10.8. The number of nitrogens with two attached hydrogens (primary N) is 1. The zero-order chi connectivity index (χ0) is 21.0. The molecular formula is C22H25N4O2P. The first kappa shape index (κ1) is 20.7. The summed E-state index contributed by atoms with van der Waals surface area (Å²) in [6.07, 6.45) is 3.81. The van der Waals surface area contributed by atoms with Gasteiger partial charge in [-0.25, -0.2) is 4.98 Å². The number of benzene rings is 1. The zero-order valence-corrected chi connectivity index (χ0v) is 18.0. The Balaban J connectivity index is 2.03. The van der Waals surface area contributed by atoms with Crippen molar-refractivity contribution >= 4 is 36.2 Å². The smallest absolute Gasteiger partial charge is 0.166 e. The molecule has 0 aliphatic carbocycles. The number of ether oxygens (including phenoxy) is 1. The summed E-state index contributed by atoms with van der Waals surface area (Å²) in [6, 6.07) is 11.6. The Morgan fingerprint density at radius 1 is 1.14 bits per heavy atom. The summed E-state index contributed by atoms with van der Waals surface area (Å²) in [6.45, 7) is 6.22. The van der Waals surface area contributed by atoms with Gasteiger partial charge in [-0.05, 0) is 36.8 Å². The number of hydrogen-bond acceptors (Lipinski definition) is 6. The summed E-state index contributed by atoms with van der Waals surface area (Å²) in [5.41, 5.74) is 9.36. The van der Waals surface area contributed by atoms with Gasteiger partial charge in [-0.15, -0.1) is 0 Å². The fourth-order valence-corrected chi connectivity index (χ4v) is 3.66. The maximum absolute atomic E-state index is 12.3. The van der Waals surface area contributed by atoms with Gasteiger partial charge in [0, 0.05) is 30.4 Å². The molecule has 0 fully saturated rings. The third-order valence-corrected chi connectivity index (χ3v) is 5.87. The van der Waals surface area contributed by atoms with E-state index in [0.717, 1.165) is 16.9 Å². The molecule has 0 atom stereocenters. The minimum absolute atomic E-state index is 0.0111. The minimum Gasteiger partial charge on any atom is -0.494 e. The summed E-state index contributed by atoms with van der Waals surface area (Å²) in [7, 11) is 1.42. The highest BCUT2D eigenvalue weighted by Gasteiger charge is 2.16. The predicted molar refractivity (Wildman–Crippen MR) is 121 cm³/mol. The second-order valence-electron chi connectivity index (χ2n) is 6.74. The average molecular weight is 408 g/mol. The van der Waals surface area contributed by atoms with Crippen LogP contribution in [-0.2, 0) is 0 Å². The van der Waals surface area contributed by atoms with E-state index in [1.807, 2.05) is 37.4 Å². The van der Waals surface area contributed by atoms with Crippen LogP contribution in [0, 0.1) is 0 Å². The lowest BCUT2D eigenvalue weighted by Crippen LogP contribution is -2.06. The summed E-state index contributed by atoms with van der Waals surface area (Å²) >= 11 is 0. The van der Waals surface area contributed by atoms with E-state index in [0.29, 0.717) is 29.2 Å². The van der Waals surface area contributed by atoms with Gasteiger partial charge in [-0.1, -0.05) is 27.0 Å². The highest BCUT2D eigenvalue weighted by Crippen LogP contribution is 2.38. The molecule has 0 amide bonds. The van der Waals surface area contributed by atoms with Crippen molar-refractivity contribution in [3.63, 3.8) is 0 Å². The molecule has 0 unspecified atom stereocenters. The molecule has 7 heteroatoms. The molecule has 3 rings (SSSR count). The van der Waals surface area contributed by atoms with E-state index < -0.39 is 0 Å².